The third-order valence-corrected chi connectivity index (χ3v) is 11.3. The second-order valence-corrected chi connectivity index (χ2v) is 13.0. The number of hydrogen-bond donors (Lipinski definition) is 0. The lowest BCUT2D eigenvalue weighted by atomic mass is 10.0. The van der Waals surface area contributed by atoms with Gasteiger partial charge in [-0.25, -0.2) is 0 Å². The summed E-state index contributed by atoms with van der Waals surface area (Å²) in [5.41, 5.74) is 10.8. The van der Waals surface area contributed by atoms with Gasteiger partial charge in [-0.05, 0) is 71.4 Å². The van der Waals surface area contributed by atoms with Crippen LogP contribution in [0.2, 0.25) is 0 Å². The molecule has 0 N–H and O–H groups in total. The molecule has 4 aliphatic rings. The molecule has 1 unspecified atom stereocenters. The smallest absolute Gasteiger partial charge is 0.358 e. The van der Waals surface area contributed by atoms with Crippen molar-refractivity contribution in [2.45, 2.75) is 9.79 Å². The van der Waals surface area contributed by atoms with E-state index in [0.717, 1.165) is 17.2 Å². The fourth-order valence-electron chi connectivity index (χ4n) is 8.84. The van der Waals surface area contributed by atoms with Crippen LogP contribution < -0.4 is 18.8 Å². The molecule has 0 amide bonds. The minimum atomic E-state index is 0.386. The van der Waals surface area contributed by atoms with Crippen molar-refractivity contribution in [3.63, 3.8) is 0 Å². The monoisotopic (exact) mass is 568 g/mol. The standard InChI is InChI=1S/C36H18N5OS/c1-2-10-23-19(7-1)20-14-15-26-33-30(20)36-38(23)24-11-3-4-12-25(24)40(36)41(33)34-27(42-26)16-17-29-32(34)39-31-21(8-5-13-28(31)43-29)22-9-6-18-37(41)35(22)39/h1-18H/q+3. The van der Waals surface area contributed by atoms with Crippen LogP contribution in [-0.4, -0.2) is 8.97 Å². The number of para-hydroxylation sites is 4. The first kappa shape index (κ1) is 20.5. The molecular weight excluding hydrogens is 550 g/mol. The third-order valence-electron chi connectivity index (χ3n) is 10.2. The van der Waals surface area contributed by atoms with E-state index in [-0.39, 0.29) is 0 Å². The number of imidazole rings is 1. The second-order valence-electron chi connectivity index (χ2n) is 12.0. The Morgan fingerprint density at radius 1 is 0.628 bits per heavy atom. The van der Waals surface area contributed by atoms with Gasteiger partial charge < -0.3 is 4.74 Å². The van der Waals surface area contributed by atoms with Crippen molar-refractivity contribution in [3.8, 4) is 17.2 Å². The Kier molecular flexibility index (Phi) is 2.95. The number of pyridine rings is 2. The zero-order chi connectivity index (χ0) is 27.3. The Balaban J connectivity index is 1.43. The highest BCUT2D eigenvalue weighted by molar-refractivity contribution is 7.99. The molecule has 4 aromatic heterocycles. The van der Waals surface area contributed by atoms with E-state index < -0.39 is 0 Å². The lowest BCUT2D eigenvalue weighted by Gasteiger charge is -2.35. The number of nitrogens with zero attached hydrogens (tertiary/aromatic N) is 5. The molecule has 5 aromatic carbocycles. The molecule has 9 aromatic rings. The quantitative estimate of drug-likeness (QED) is 0.106. The summed E-state index contributed by atoms with van der Waals surface area (Å²) in [7, 11) is 0. The van der Waals surface area contributed by atoms with Gasteiger partial charge in [0.2, 0.25) is 17.0 Å². The van der Waals surface area contributed by atoms with Crippen LogP contribution >= 0.6 is 11.8 Å². The molecular formula is C36H18N5OS+3. The van der Waals surface area contributed by atoms with Crippen LogP contribution in [0.15, 0.2) is 119 Å². The van der Waals surface area contributed by atoms with Crippen LogP contribution in [0.5, 0.6) is 11.5 Å². The van der Waals surface area contributed by atoms with Crippen molar-refractivity contribution in [1.29, 1.82) is 0 Å². The molecule has 43 heavy (non-hydrogen) atoms. The normalized spacial score (nSPS) is 18.0. The minimum Gasteiger partial charge on any atom is -0.444 e. The van der Waals surface area contributed by atoms with E-state index in [4.69, 9.17) is 4.74 Å². The zero-order valence-electron chi connectivity index (χ0n) is 22.4. The molecule has 0 radical (unpaired) electrons. The van der Waals surface area contributed by atoms with Crippen LogP contribution in [0.3, 0.4) is 0 Å². The third kappa shape index (κ3) is 1.84. The van der Waals surface area contributed by atoms with E-state index in [9.17, 15) is 0 Å². The predicted octanol–water partition coefficient (Wildman–Crippen LogP) is 7.83. The van der Waals surface area contributed by atoms with Crippen LogP contribution in [0, 0.1) is 0 Å². The van der Waals surface area contributed by atoms with Gasteiger partial charge in [0, 0.05) is 20.8 Å². The Hall–Kier alpha value is -5.37. The van der Waals surface area contributed by atoms with E-state index >= 15 is 0 Å². The maximum Gasteiger partial charge on any atom is 0.358 e. The van der Waals surface area contributed by atoms with E-state index in [2.05, 4.69) is 128 Å². The summed E-state index contributed by atoms with van der Waals surface area (Å²) in [4.78, 5) is 2.55. The molecule has 0 saturated heterocycles. The maximum atomic E-state index is 6.93. The number of ether oxygens (including phenoxy) is 1. The molecule has 4 aliphatic heterocycles. The van der Waals surface area contributed by atoms with Gasteiger partial charge in [-0.3, -0.25) is 0 Å². The lowest BCUT2D eigenvalue weighted by Crippen LogP contribution is -2.84. The average Bonchev–Trinajstić information content (AvgIpc) is 3.69. The van der Waals surface area contributed by atoms with Gasteiger partial charge in [-0.1, -0.05) is 48.2 Å². The van der Waals surface area contributed by atoms with Gasteiger partial charge in [0.05, 0.1) is 19.9 Å². The zero-order valence-corrected chi connectivity index (χ0v) is 23.3. The van der Waals surface area contributed by atoms with E-state index in [1.54, 1.807) is 0 Å². The predicted molar refractivity (Wildman–Crippen MR) is 168 cm³/mol. The van der Waals surface area contributed by atoms with Crippen LogP contribution in [0.25, 0.3) is 66.0 Å². The van der Waals surface area contributed by atoms with Gasteiger partial charge >= 0.3 is 17.0 Å². The minimum absolute atomic E-state index is 0.386. The van der Waals surface area contributed by atoms with Crippen molar-refractivity contribution in [3.05, 3.63) is 109 Å². The number of benzene rings is 5. The highest BCUT2D eigenvalue weighted by Gasteiger charge is 2.68. The molecule has 0 fully saturated rings. The van der Waals surface area contributed by atoms with E-state index in [1.807, 2.05) is 11.8 Å². The molecule has 1 spiro atoms. The van der Waals surface area contributed by atoms with E-state index in [1.165, 1.54) is 81.5 Å². The number of quaternary nitrogens is 1. The van der Waals surface area contributed by atoms with E-state index in [0.29, 0.717) is 4.70 Å². The number of rotatable bonds is 0. The Bertz CT molecular complexity index is 2920. The molecule has 0 bridgehead atoms. The highest BCUT2D eigenvalue weighted by atomic mass is 32.2. The average molecular weight is 569 g/mol. The summed E-state index contributed by atoms with van der Waals surface area (Å²) in [6, 6.07) is 37.8. The highest BCUT2D eigenvalue weighted by Crippen LogP contribution is 2.62. The van der Waals surface area contributed by atoms with Crippen LogP contribution in [0.4, 0.5) is 11.4 Å². The first-order valence-electron chi connectivity index (χ1n) is 14.6. The fourth-order valence-corrected chi connectivity index (χ4v) is 9.94. The molecule has 6 nitrogen and oxygen atoms in total. The molecule has 7 heteroatoms. The van der Waals surface area contributed by atoms with Gasteiger partial charge in [-0.15, -0.1) is 0 Å². The summed E-state index contributed by atoms with van der Waals surface area (Å²) in [6.45, 7) is 0. The SMILES string of the molecule is c1cc2c3c(c1)c1ccc[n+]4c1n3-c1c(ccc3c1[N+]41c4c(ccc5c6ccccc6n6c7ccccc7[n+]1c6c45)O3)S2. The number of hydrogen-bond acceptors (Lipinski definition) is 2. The van der Waals surface area contributed by atoms with Crippen molar-refractivity contribution in [2.75, 3.05) is 0 Å². The first-order valence-corrected chi connectivity index (χ1v) is 15.4. The number of fused-ring (bicyclic) bond motifs is 7. The summed E-state index contributed by atoms with van der Waals surface area (Å²) < 4.78 is 17.4. The summed E-state index contributed by atoms with van der Waals surface area (Å²) >= 11 is 1.87. The largest absolute Gasteiger partial charge is 0.444 e. The summed E-state index contributed by atoms with van der Waals surface area (Å²) in [5, 5.41) is 6.29. The molecule has 196 valence electrons. The van der Waals surface area contributed by atoms with Crippen molar-refractivity contribution < 1.29 is 14.1 Å². The maximum absolute atomic E-state index is 6.93. The summed E-state index contributed by atoms with van der Waals surface area (Å²) in [5.74, 6) is 1.80. The molecule has 8 heterocycles. The van der Waals surface area contributed by atoms with Gasteiger partial charge in [0.15, 0.2) is 28.4 Å². The fraction of sp³-hybridized carbons (Fsp3) is 0. The Morgan fingerprint density at radius 3 is 2.42 bits per heavy atom. The van der Waals surface area contributed by atoms with Crippen molar-refractivity contribution in [2.24, 2.45) is 0 Å². The Labute approximate surface area is 246 Å². The Morgan fingerprint density at radius 2 is 1.44 bits per heavy atom. The van der Waals surface area contributed by atoms with Crippen LogP contribution in [0.1, 0.15) is 0 Å². The van der Waals surface area contributed by atoms with Crippen LogP contribution in [-0.2, 0) is 0 Å². The molecule has 0 aliphatic carbocycles. The first-order chi connectivity index (χ1) is 21.4. The molecule has 1 atom stereocenters. The summed E-state index contributed by atoms with van der Waals surface area (Å²) in [6.07, 6.45) is 2.27. The topological polar surface area (TPSA) is 26.3 Å². The molecule has 13 rings (SSSR count). The van der Waals surface area contributed by atoms with Crippen molar-refractivity contribution >= 4 is 83.4 Å². The van der Waals surface area contributed by atoms with Gasteiger partial charge in [0.1, 0.15) is 5.52 Å². The second kappa shape index (κ2) is 6.20. The van der Waals surface area contributed by atoms with Gasteiger partial charge in [0.25, 0.3) is 5.69 Å². The van der Waals surface area contributed by atoms with Gasteiger partial charge in [-0.2, -0.15) is 8.97 Å². The number of aromatic nitrogens is 4. The van der Waals surface area contributed by atoms with Crippen molar-refractivity contribution in [1.82, 2.24) is 13.7 Å². The molecule has 0 saturated carbocycles. The lowest BCUT2D eigenvalue weighted by molar-refractivity contribution is -1.01.